The van der Waals surface area contributed by atoms with E-state index in [1.807, 2.05) is 0 Å². The monoisotopic (exact) mass is 467 g/mol. The highest BCUT2D eigenvalue weighted by molar-refractivity contribution is 5.88. The maximum atomic E-state index is 2.35. The molecule has 0 unspecified atom stereocenters. The highest BCUT2D eigenvalue weighted by atomic mass is 127. The minimum Gasteiger partial charge on any atom is -1.00 e. The van der Waals surface area contributed by atoms with Crippen molar-refractivity contribution in [3.05, 3.63) is 72.4 Å². The van der Waals surface area contributed by atoms with Crippen LogP contribution in [0.5, 0.6) is 0 Å². The molecule has 3 heterocycles. The summed E-state index contributed by atoms with van der Waals surface area (Å²) in [4.78, 5) is 2.14. The minimum absolute atomic E-state index is 0. The topological polar surface area (TPSA) is 11.8 Å². The average molecular weight is 467 g/mol. The van der Waals surface area contributed by atoms with Crippen molar-refractivity contribution >= 4 is 38.7 Å². The van der Waals surface area contributed by atoms with Crippen LogP contribution < -0.4 is 33.3 Å². The van der Waals surface area contributed by atoms with Crippen molar-refractivity contribution in [3.8, 4) is 0 Å². The molecule has 0 N–H and O–H groups in total. The Morgan fingerprint density at radius 2 is 1.70 bits per heavy atom. The van der Waals surface area contributed by atoms with Gasteiger partial charge in [0.05, 0.1) is 0 Å². The molecule has 0 aliphatic carbocycles. The Morgan fingerprint density at radius 3 is 2.48 bits per heavy atom. The van der Waals surface area contributed by atoms with Gasteiger partial charge < -0.3 is 28.9 Å². The van der Waals surface area contributed by atoms with Gasteiger partial charge in [0.15, 0.2) is 5.52 Å². The number of anilines is 1. The van der Waals surface area contributed by atoms with E-state index in [-0.39, 0.29) is 24.0 Å². The average Bonchev–Trinajstić information content (AvgIpc) is 3.06. The van der Waals surface area contributed by atoms with Crippen molar-refractivity contribution < 1.29 is 28.4 Å². The molecule has 3 aromatic heterocycles. The number of halogens is 1. The van der Waals surface area contributed by atoms with Crippen LogP contribution in [0.3, 0.4) is 0 Å². The first-order valence-corrected chi connectivity index (χ1v) is 9.14. The minimum atomic E-state index is 0. The van der Waals surface area contributed by atoms with E-state index < -0.39 is 0 Å². The molecule has 2 aromatic carbocycles. The van der Waals surface area contributed by atoms with Crippen LogP contribution in [0.25, 0.3) is 33.0 Å². The molecule has 0 saturated carbocycles. The van der Waals surface area contributed by atoms with Gasteiger partial charge in [-0.2, -0.15) is 8.80 Å². The Hall–Kier alpha value is -2.34. The Bertz CT molecular complexity index is 1300. The summed E-state index contributed by atoms with van der Waals surface area (Å²) in [6.45, 7) is 2.20. The molecule has 0 aliphatic rings. The van der Waals surface area contributed by atoms with Gasteiger partial charge in [-0.3, -0.25) is 0 Å². The summed E-state index contributed by atoms with van der Waals surface area (Å²) in [5.74, 6) is 0. The molecule has 0 atom stereocenters. The van der Waals surface area contributed by atoms with Gasteiger partial charge in [-0.1, -0.05) is 13.0 Å². The number of imidazole rings is 1. The molecule has 27 heavy (non-hydrogen) atoms. The van der Waals surface area contributed by atoms with E-state index in [0.717, 1.165) is 6.42 Å². The molecule has 5 aromatic rings. The number of benzene rings is 2. The maximum absolute atomic E-state index is 2.35. The van der Waals surface area contributed by atoms with Crippen molar-refractivity contribution in [2.24, 2.45) is 0 Å². The first-order valence-electron chi connectivity index (χ1n) is 9.14. The van der Waals surface area contributed by atoms with Gasteiger partial charge in [-0.25, -0.2) is 0 Å². The highest BCUT2D eigenvalue weighted by Crippen LogP contribution is 2.25. The second kappa shape index (κ2) is 6.68. The third-order valence-electron chi connectivity index (χ3n) is 5.37. The summed E-state index contributed by atoms with van der Waals surface area (Å²) in [5.41, 5.74) is 7.49. The summed E-state index contributed by atoms with van der Waals surface area (Å²) >= 11 is 0. The summed E-state index contributed by atoms with van der Waals surface area (Å²) in [7, 11) is 4.16. The van der Waals surface area contributed by atoms with Crippen molar-refractivity contribution in [3.63, 3.8) is 0 Å². The van der Waals surface area contributed by atoms with Crippen LogP contribution in [0.2, 0.25) is 0 Å². The normalized spacial score (nSPS) is 11.4. The zero-order chi connectivity index (χ0) is 17.8. The van der Waals surface area contributed by atoms with E-state index in [4.69, 9.17) is 0 Å². The smallest absolute Gasteiger partial charge is 0.292 e. The molecule has 0 bridgehead atoms. The second-order valence-electron chi connectivity index (χ2n) is 7.17. The van der Waals surface area contributed by atoms with E-state index in [1.165, 1.54) is 44.2 Å². The summed E-state index contributed by atoms with van der Waals surface area (Å²) in [5, 5.41) is 2.54. The van der Waals surface area contributed by atoms with Gasteiger partial charge in [0.1, 0.15) is 17.2 Å². The number of pyridine rings is 2. The lowest BCUT2D eigenvalue weighted by Crippen LogP contribution is -3.00. The van der Waals surface area contributed by atoms with Crippen molar-refractivity contribution in [1.29, 1.82) is 0 Å². The lowest BCUT2D eigenvalue weighted by atomic mass is 10.1. The van der Waals surface area contributed by atoms with E-state index >= 15 is 0 Å². The van der Waals surface area contributed by atoms with E-state index in [9.17, 15) is 0 Å². The molecule has 4 heteroatoms. The van der Waals surface area contributed by atoms with Gasteiger partial charge in [-0.15, -0.1) is 0 Å². The molecule has 0 amide bonds. The van der Waals surface area contributed by atoms with Crippen LogP contribution in [0.4, 0.5) is 5.69 Å². The third kappa shape index (κ3) is 2.74. The molecule has 0 aliphatic heterocycles. The SMILES string of the molecule is CCc1ccc2c(ccc3n4c(ccc5cc(N(C)C)ccc54)c[n+]23)c1.[I-]. The molecular formula is C23H22IN3. The fourth-order valence-electron chi connectivity index (χ4n) is 3.90. The molecule has 136 valence electrons. The Morgan fingerprint density at radius 1 is 0.889 bits per heavy atom. The number of aryl methyl sites for hydroxylation is 1. The molecule has 0 fully saturated rings. The molecule has 0 saturated heterocycles. The fourth-order valence-corrected chi connectivity index (χ4v) is 3.90. The number of fused-ring (bicyclic) bond motifs is 7. The Kier molecular flexibility index (Phi) is 4.46. The van der Waals surface area contributed by atoms with E-state index in [2.05, 4.69) is 102 Å². The van der Waals surface area contributed by atoms with E-state index in [0.29, 0.717) is 0 Å². The zero-order valence-corrected chi connectivity index (χ0v) is 17.9. The van der Waals surface area contributed by atoms with Gasteiger partial charge in [0.2, 0.25) is 0 Å². The van der Waals surface area contributed by atoms with Gasteiger partial charge in [-0.05, 0) is 60.5 Å². The summed E-state index contributed by atoms with van der Waals surface area (Å²) in [6.07, 6.45) is 3.30. The molecule has 3 nitrogen and oxygen atoms in total. The fraction of sp³-hybridized carbons (Fsp3) is 0.174. The number of hydrogen-bond acceptors (Lipinski definition) is 1. The van der Waals surface area contributed by atoms with Crippen LogP contribution in [-0.2, 0) is 6.42 Å². The first kappa shape index (κ1) is 18.0. The lowest BCUT2D eigenvalue weighted by Gasteiger charge is -2.12. The lowest BCUT2D eigenvalue weighted by molar-refractivity contribution is -0.479. The van der Waals surface area contributed by atoms with Crippen LogP contribution in [0, 0.1) is 0 Å². The Balaban J connectivity index is 0.00000180. The number of aromatic nitrogens is 2. The van der Waals surface area contributed by atoms with Crippen LogP contribution >= 0.6 is 0 Å². The van der Waals surface area contributed by atoms with Crippen molar-refractivity contribution in [1.82, 2.24) is 4.40 Å². The molecule has 0 radical (unpaired) electrons. The molecule has 5 rings (SSSR count). The third-order valence-corrected chi connectivity index (χ3v) is 5.37. The first-order chi connectivity index (χ1) is 12.7. The largest absolute Gasteiger partial charge is 1.00 e. The number of hydrogen-bond donors (Lipinski definition) is 0. The van der Waals surface area contributed by atoms with Gasteiger partial charge in [0.25, 0.3) is 5.65 Å². The zero-order valence-electron chi connectivity index (χ0n) is 15.8. The van der Waals surface area contributed by atoms with E-state index in [1.54, 1.807) is 0 Å². The maximum Gasteiger partial charge on any atom is 0.292 e. The quantitative estimate of drug-likeness (QED) is 0.284. The van der Waals surface area contributed by atoms with Gasteiger partial charge in [0, 0.05) is 36.6 Å². The van der Waals surface area contributed by atoms with Crippen LogP contribution in [-0.4, -0.2) is 18.5 Å². The highest BCUT2D eigenvalue weighted by Gasteiger charge is 2.17. The number of nitrogens with zero attached hydrogens (tertiary/aromatic N) is 3. The predicted octanol–water partition coefficient (Wildman–Crippen LogP) is 1.62. The summed E-state index contributed by atoms with van der Waals surface area (Å²) < 4.78 is 4.66. The van der Waals surface area contributed by atoms with Gasteiger partial charge >= 0.3 is 0 Å². The molecule has 0 spiro atoms. The summed E-state index contributed by atoms with van der Waals surface area (Å²) in [6, 6.07) is 22.3. The van der Waals surface area contributed by atoms with Crippen LogP contribution in [0.15, 0.2) is 66.9 Å². The predicted molar refractivity (Wildman–Crippen MR) is 109 cm³/mol. The number of rotatable bonds is 2. The Labute approximate surface area is 175 Å². The molecular weight excluding hydrogens is 445 g/mol. The van der Waals surface area contributed by atoms with Crippen LogP contribution in [0.1, 0.15) is 12.5 Å². The van der Waals surface area contributed by atoms with Crippen molar-refractivity contribution in [2.75, 3.05) is 19.0 Å². The second-order valence-corrected chi connectivity index (χ2v) is 7.17. The van der Waals surface area contributed by atoms with Crippen molar-refractivity contribution in [2.45, 2.75) is 13.3 Å². The standard InChI is InChI=1S/C23H22N3.HI/c1-4-16-5-10-21-17(13-16)7-12-23-25(21)15-20-8-6-18-14-19(24(2)3)9-11-22(18)26(20)23;/h5-15H,4H2,1-3H3;1H/q+1;/p-1.